The van der Waals surface area contributed by atoms with E-state index in [1.54, 1.807) is 26.0 Å². The summed E-state index contributed by atoms with van der Waals surface area (Å²) in [6, 6.07) is 5.74. The summed E-state index contributed by atoms with van der Waals surface area (Å²) in [6.07, 6.45) is 2.10. The molecule has 1 unspecified atom stereocenters. The number of nitrogens with zero attached hydrogens (tertiary/aromatic N) is 1. The zero-order chi connectivity index (χ0) is 14.5. The minimum atomic E-state index is 0.0269. The van der Waals surface area contributed by atoms with Crippen LogP contribution in [0, 0.1) is 0 Å². The Morgan fingerprint density at radius 2 is 2.15 bits per heavy atom. The van der Waals surface area contributed by atoms with Crippen molar-refractivity contribution in [1.82, 2.24) is 4.90 Å². The third-order valence-electron chi connectivity index (χ3n) is 3.42. The summed E-state index contributed by atoms with van der Waals surface area (Å²) in [4.78, 5) is 14.0. The van der Waals surface area contributed by atoms with Crippen LogP contribution in [0.15, 0.2) is 18.2 Å². The van der Waals surface area contributed by atoms with Gasteiger partial charge in [-0.15, -0.1) is 11.8 Å². The number of thioether (sulfide) groups is 1. The van der Waals surface area contributed by atoms with E-state index in [0.717, 1.165) is 36.4 Å². The lowest BCUT2D eigenvalue weighted by Gasteiger charge is -2.25. The van der Waals surface area contributed by atoms with Crippen LogP contribution >= 0.6 is 11.8 Å². The average molecular weight is 295 g/mol. The fourth-order valence-corrected chi connectivity index (χ4v) is 3.55. The predicted octanol–water partition coefficient (Wildman–Crippen LogP) is 3.08. The molecule has 0 radical (unpaired) electrons. The second-order valence-corrected chi connectivity index (χ2v) is 5.78. The van der Waals surface area contributed by atoms with E-state index < -0.39 is 0 Å². The van der Waals surface area contributed by atoms with Crippen LogP contribution in [0.5, 0.6) is 11.5 Å². The molecule has 0 spiro atoms. The molecule has 110 valence electrons. The molecule has 1 heterocycles. The number of hydrogen-bond acceptors (Lipinski definition) is 4. The van der Waals surface area contributed by atoms with E-state index in [1.165, 1.54) is 0 Å². The van der Waals surface area contributed by atoms with Crippen molar-refractivity contribution in [3.05, 3.63) is 23.8 Å². The minimum Gasteiger partial charge on any atom is -0.497 e. The number of carbonyl (C=O) groups excluding carboxylic acids is 1. The van der Waals surface area contributed by atoms with Crippen LogP contribution in [-0.2, 0) is 4.79 Å². The Balaban J connectivity index is 2.30. The summed E-state index contributed by atoms with van der Waals surface area (Å²) in [5.41, 5.74) is 1.01. The average Bonchev–Trinajstić information content (AvgIpc) is 2.85. The quantitative estimate of drug-likeness (QED) is 0.808. The third-order valence-corrected chi connectivity index (χ3v) is 4.66. The van der Waals surface area contributed by atoms with Crippen molar-refractivity contribution in [2.24, 2.45) is 0 Å². The molecule has 0 aromatic heterocycles. The molecule has 5 heteroatoms. The highest BCUT2D eigenvalue weighted by Gasteiger charge is 2.34. The molecule has 0 saturated carbocycles. The molecule has 20 heavy (non-hydrogen) atoms. The number of carbonyl (C=O) groups is 1. The van der Waals surface area contributed by atoms with Crippen LogP contribution in [0.3, 0.4) is 0 Å². The maximum Gasteiger partial charge on any atom is 0.233 e. The van der Waals surface area contributed by atoms with Gasteiger partial charge < -0.3 is 14.4 Å². The SMILES string of the molecule is CCCCN1C(=O)CSC1c1cc(OC)ccc1OC. The van der Waals surface area contributed by atoms with Crippen molar-refractivity contribution in [2.45, 2.75) is 25.1 Å². The number of unbranched alkanes of at least 4 members (excludes halogenated alkanes) is 1. The van der Waals surface area contributed by atoms with Gasteiger partial charge in [0.25, 0.3) is 0 Å². The van der Waals surface area contributed by atoms with Gasteiger partial charge in [0.2, 0.25) is 5.91 Å². The first-order chi connectivity index (χ1) is 9.71. The van der Waals surface area contributed by atoms with Gasteiger partial charge in [-0.3, -0.25) is 4.79 Å². The van der Waals surface area contributed by atoms with E-state index in [0.29, 0.717) is 5.75 Å². The molecule has 0 N–H and O–H groups in total. The Labute approximate surface area is 124 Å². The highest BCUT2D eigenvalue weighted by atomic mass is 32.2. The summed E-state index contributed by atoms with van der Waals surface area (Å²) in [5, 5.41) is 0.0269. The maximum atomic E-state index is 12.1. The first-order valence-electron chi connectivity index (χ1n) is 6.84. The molecule has 1 fully saturated rings. The Morgan fingerprint density at radius 3 is 2.80 bits per heavy atom. The summed E-state index contributed by atoms with van der Waals surface area (Å²) in [6.45, 7) is 2.93. The predicted molar refractivity (Wildman–Crippen MR) is 81.4 cm³/mol. The van der Waals surface area contributed by atoms with E-state index in [2.05, 4.69) is 6.92 Å². The number of amides is 1. The monoisotopic (exact) mass is 295 g/mol. The molecule has 1 aromatic carbocycles. The standard InChI is InChI=1S/C15H21NO3S/c1-4-5-8-16-14(17)10-20-15(16)12-9-11(18-2)6-7-13(12)19-3/h6-7,9,15H,4-5,8,10H2,1-3H3. The minimum absolute atomic E-state index is 0.0269. The molecule has 1 aliphatic rings. The Hall–Kier alpha value is -1.36. The van der Waals surface area contributed by atoms with Gasteiger partial charge in [0, 0.05) is 12.1 Å². The number of benzene rings is 1. The van der Waals surface area contributed by atoms with Gasteiger partial charge in [0.15, 0.2) is 0 Å². The normalized spacial score (nSPS) is 18.4. The second kappa shape index (κ2) is 6.88. The lowest BCUT2D eigenvalue weighted by molar-refractivity contribution is -0.128. The second-order valence-electron chi connectivity index (χ2n) is 4.71. The summed E-state index contributed by atoms with van der Waals surface area (Å²) in [5.74, 6) is 2.34. The van der Waals surface area contributed by atoms with Crippen molar-refractivity contribution in [2.75, 3.05) is 26.5 Å². The van der Waals surface area contributed by atoms with Gasteiger partial charge in [-0.1, -0.05) is 13.3 Å². The molecular weight excluding hydrogens is 274 g/mol. The van der Waals surface area contributed by atoms with Gasteiger partial charge in [0.05, 0.1) is 20.0 Å². The van der Waals surface area contributed by atoms with Gasteiger partial charge in [0.1, 0.15) is 16.9 Å². The molecule has 0 aliphatic carbocycles. The first kappa shape index (κ1) is 15.0. The van der Waals surface area contributed by atoms with Crippen LogP contribution in [0.4, 0.5) is 0 Å². The van der Waals surface area contributed by atoms with Gasteiger partial charge in [-0.05, 0) is 24.6 Å². The van der Waals surface area contributed by atoms with E-state index in [9.17, 15) is 4.79 Å². The van der Waals surface area contributed by atoms with Crippen molar-refractivity contribution in [1.29, 1.82) is 0 Å². The molecule has 0 bridgehead atoms. The Bertz CT molecular complexity index is 478. The molecular formula is C15H21NO3S. The van der Waals surface area contributed by atoms with Gasteiger partial charge >= 0.3 is 0 Å². The van der Waals surface area contributed by atoms with Crippen LogP contribution in [0.1, 0.15) is 30.7 Å². The van der Waals surface area contributed by atoms with E-state index in [1.807, 2.05) is 23.1 Å². The lowest BCUT2D eigenvalue weighted by atomic mass is 10.1. The first-order valence-corrected chi connectivity index (χ1v) is 7.89. The molecule has 1 atom stereocenters. The molecule has 1 aromatic rings. The maximum absolute atomic E-state index is 12.1. The fourth-order valence-electron chi connectivity index (χ4n) is 2.31. The largest absolute Gasteiger partial charge is 0.497 e. The number of rotatable bonds is 6. The molecule has 4 nitrogen and oxygen atoms in total. The van der Waals surface area contributed by atoms with Crippen LogP contribution in [-0.4, -0.2) is 37.3 Å². The molecule has 2 rings (SSSR count). The van der Waals surface area contributed by atoms with Crippen LogP contribution in [0.2, 0.25) is 0 Å². The summed E-state index contributed by atoms with van der Waals surface area (Å²) in [7, 11) is 3.30. The van der Waals surface area contributed by atoms with Crippen molar-refractivity contribution >= 4 is 17.7 Å². The van der Waals surface area contributed by atoms with Crippen molar-refractivity contribution in [3.8, 4) is 11.5 Å². The van der Waals surface area contributed by atoms with Crippen molar-refractivity contribution < 1.29 is 14.3 Å². The van der Waals surface area contributed by atoms with Gasteiger partial charge in [-0.25, -0.2) is 0 Å². The van der Waals surface area contributed by atoms with E-state index in [-0.39, 0.29) is 11.3 Å². The third kappa shape index (κ3) is 3.03. The number of methoxy groups -OCH3 is 2. The van der Waals surface area contributed by atoms with E-state index in [4.69, 9.17) is 9.47 Å². The Kier molecular flexibility index (Phi) is 5.17. The fraction of sp³-hybridized carbons (Fsp3) is 0.533. The molecule has 1 amide bonds. The highest BCUT2D eigenvalue weighted by molar-refractivity contribution is 8.00. The van der Waals surface area contributed by atoms with Crippen LogP contribution in [0.25, 0.3) is 0 Å². The zero-order valence-corrected chi connectivity index (χ0v) is 13.0. The smallest absolute Gasteiger partial charge is 0.233 e. The number of ether oxygens (including phenoxy) is 2. The molecule has 1 aliphatic heterocycles. The number of hydrogen-bond donors (Lipinski definition) is 0. The van der Waals surface area contributed by atoms with Gasteiger partial charge in [-0.2, -0.15) is 0 Å². The Morgan fingerprint density at radius 1 is 1.35 bits per heavy atom. The van der Waals surface area contributed by atoms with Crippen LogP contribution < -0.4 is 9.47 Å². The highest BCUT2D eigenvalue weighted by Crippen LogP contribution is 2.43. The van der Waals surface area contributed by atoms with E-state index >= 15 is 0 Å². The van der Waals surface area contributed by atoms with Crippen molar-refractivity contribution in [3.63, 3.8) is 0 Å². The molecule has 1 saturated heterocycles. The zero-order valence-electron chi connectivity index (χ0n) is 12.2. The summed E-state index contributed by atoms with van der Waals surface area (Å²) < 4.78 is 10.7. The lowest BCUT2D eigenvalue weighted by Crippen LogP contribution is -2.29. The summed E-state index contributed by atoms with van der Waals surface area (Å²) >= 11 is 1.65. The topological polar surface area (TPSA) is 38.8 Å².